The van der Waals surface area contributed by atoms with Crippen molar-refractivity contribution in [3.05, 3.63) is 18.0 Å². The molecule has 0 amide bonds. The molecule has 0 bridgehead atoms. The molecule has 0 saturated carbocycles. The molecule has 4 nitrogen and oxygen atoms in total. The number of nitrogens with zero attached hydrogens (tertiary/aromatic N) is 4. The Bertz CT molecular complexity index is 287. The molecular weight excluding hydrogens is 176 g/mol. The fraction of sp³-hybridized carbons (Fsp3) is 0.600. The molecule has 0 atom stereocenters. The highest BCUT2D eigenvalue weighted by Crippen LogP contribution is 2.09. The zero-order valence-electron chi connectivity index (χ0n) is 8.77. The number of likely N-dealkylation sites (N-methyl/N-ethyl adjacent to an activating group) is 1. The third-order valence-electron chi connectivity index (χ3n) is 2.55. The summed E-state index contributed by atoms with van der Waals surface area (Å²) in [6.45, 7) is 6.25. The van der Waals surface area contributed by atoms with Gasteiger partial charge < -0.3 is 9.80 Å². The minimum atomic E-state index is 0.865. The lowest BCUT2D eigenvalue weighted by atomic mass is 10.3. The van der Waals surface area contributed by atoms with Crippen molar-refractivity contribution < 1.29 is 0 Å². The Morgan fingerprint density at radius 2 is 1.64 bits per heavy atom. The summed E-state index contributed by atoms with van der Waals surface area (Å²) in [7, 11) is 2.15. The fourth-order valence-electron chi connectivity index (χ4n) is 1.56. The SMILES string of the molecule is Cc1cnc(N2CCN(C)CC2)nc1. The lowest BCUT2D eigenvalue weighted by molar-refractivity contribution is 0.311. The largest absolute Gasteiger partial charge is 0.338 e. The molecule has 0 spiro atoms. The predicted octanol–water partition coefficient (Wildman–Crippen LogP) is 0.537. The van der Waals surface area contributed by atoms with Gasteiger partial charge in [-0.25, -0.2) is 9.97 Å². The van der Waals surface area contributed by atoms with Gasteiger partial charge in [0.2, 0.25) is 5.95 Å². The van der Waals surface area contributed by atoms with Crippen molar-refractivity contribution in [2.75, 3.05) is 38.1 Å². The van der Waals surface area contributed by atoms with E-state index in [-0.39, 0.29) is 0 Å². The second-order valence-electron chi connectivity index (χ2n) is 3.85. The van der Waals surface area contributed by atoms with Crippen molar-refractivity contribution in [1.29, 1.82) is 0 Å². The van der Waals surface area contributed by atoms with E-state index >= 15 is 0 Å². The maximum Gasteiger partial charge on any atom is 0.225 e. The zero-order chi connectivity index (χ0) is 9.97. The van der Waals surface area contributed by atoms with Gasteiger partial charge in [0.15, 0.2) is 0 Å². The number of hydrogen-bond acceptors (Lipinski definition) is 4. The van der Waals surface area contributed by atoms with E-state index in [1.807, 2.05) is 19.3 Å². The molecule has 1 aliphatic heterocycles. The van der Waals surface area contributed by atoms with Crippen molar-refractivity contribution in [2.45, 2.75) is 6.92 Å². The summed E-state index contributed by atoms with van der Waals surface area (Å²) >= 11 is 0. The van der Waals surface area contributed by atoms with E-state index in [2.05, 4.69) is 26.8 Å². The Morgan fingerprint density at radius 1 is 1.07 bits per heavy atom. The minimum Gasteiger partial charge on any atom is -0.338 e. The van der Waals surface area contributed by atoms with Crippen molar-refractivity contribution in [2.24, 2.45) is 0 Å². The Morgan fingerprint density at radius 3 is 2.21 bits per heavy atom. The molecule has 4 heteroatoms. The second kappa shape index (κ2) is 3.92. The third-order valence-corrected chi connectivity index (χ3v) is 2.55. The molecule has 2 rings (SSSR count). The van der Waals surface area contributed by atoms with Gasteiger partial charge in [0.1, 0.15) is 0 Å². The van der Waals surface area contributed by atoms with Crippen LogP contribution in [-0.2, 0) is 0 Å². The molecule has 1 aromatic heterocycles. The van der Waals surface area contributed by atoms with Gasteiger partial charge in [0, 0.05) is 38.6 Å². The smallest absolute Gasteiger partial charge is 0.225 e. The number of aromatic nitrogens is 2. The fourth-order valence-corrected chi connectivity index (χ4v) is 1.56. The highest BCUT2D eigenvalue weighted by molar-refractivity contribution is 5.30. The monoisotopic (exact) mass is 192 g/mol. The van der Waals surface area contributed by atoms with E-state index in [0.717, 1.165) is 37.7 Å². The van der Waals surface area contributed by atoms with Crippen LogP contribution in [0.25, 0.3) is 0 Å². The summed E-state index contributed by atoms with van der Waals surface area (Å²) in [4.78, 5) is 13.2. The van der Waals surface area contributed by atoms with Crippen LogP contribution >= 0.6 is 0 Å². The van der Waals surface area contributed by atoms with Gasteiger partial charge in [0.05, 0.1) is 0 Å². The maximum atomic E-state index is 4.32. The van der Waals surface area contributed by atoms with Gasteiger partial charge in [-0.2, -0.15) is 0 Å². The van der Waals surface area contributed by atoms with E-state index in [1.54, 1.807) is 0 Å². The first-order valence-corrected chi connectivity index (χ1v) is 4.98. The van der Waals surface area contributed by atoms with Gasteiger partial charge in [-0.3, -0.25) is 0 Å². The normalized spacial score (nSPS) is 18.6. The number of aryl methyl sites for hydroxylation is 1. The quantitative estimate of drug-likeness (QED) is 0.650. The molecular formula is C10H16N4. The Labute approximate surface area is 84.6 Å². The van der Waals surface area contributed by atoms with Crippen LogP contribution in [0.3, 0.4) is 0 Å². The summed E-state index contributed by atoms with van der Waals surface area (Å²) in [5, 5.41) is 0. The van der Waals surface area contributed by atoms with Crippen molar-refractivity contribution >= 4 is 5.95 Å². The molecule has 0 aliphatic carbocycles. The minimum absolute atomic E-state index is 0.865. The molecule has 1 aromatic rings. The van der Waals surface area contributed by atoms with Crippen LogP contribution in [0.5, 0.6) is 0 Å². The first-order valence-electron chi connectivity index (χ1n) is 4.98. The molecule has 1 aliphatic rings. The standard InChI is InChI=1S/C10H16N4/c1-9-7-11-10(12-8-9)14-5-3-13(2)4-6-14/h7-8H,3-6H2,1-2H3. The molecule has 14 heavy (non-hydrogen) atoms. The molecule has 0 unspecified atom stereocenters. The van der Waals surface area contributed by atoms with Crippen molar-refractivity contribution in [1.82, 2.24) is 14.9 Å². The average molecular weight is 192 g/mol. The summed E-state index contributed by atoms with van der Waals surface area (Å²) in [5.41, 5.74) is 1.11. The van der Waals surface area contributed by atoms with Gasteiger partial charge in [-0.15, -0.1) is 0 Å². The Hall–Kier alpha value is -1.16. The number of piperazine rings is 1. The number of hydrogen-bond donors (Lipinski definition) is 0. The lowest BCUT2D eigenvalue weighted by Gasteiger charge is -2.32. The van der Waals surface area contributed by atoms with Crippen LogP contribution in [-0.4, -0.2) is 48.1 Å². The summed E-state index contributed by atoms with van der Waals surface area (Å²) in [5.74, 6) is 0.865. The Kier molecular flexibility index (Phi) is 2.63. The van der Waals surface area contributed by atoms with E-state index < -0.39 is 0 Å². The first kappa shape index (κ1) is 9.40. The highest BCUT2D eigenvalue weighted by atomic mass is 15.3. The van der Waals surface area contributed by atoms with Crippen LogP contribution in [0.4, 0.5) is 5.95 Å². The van der Waals surface area contributed by atoms with Gasteiger partial charge in [-0.05, 0) is 19.5 Å². The zero-order valence-corrected chi connectivity index (χ0v) is 8.77. The summed E-state index contributed by atoms with van der Waals surface area (Å²) in [6, 6.07) is 0. The lowest BCUT2D eigenvalue weighted by Crippen LogP contribution is -2.45. The number of rotatable bonds is 1. The molecule has 2 heterocycles. The summed E-state index contributed by atoms with van der Waals surface area (Å²) < 4.78 is 0. The average Bonchev–Trinajstić information content (AvgIpc) is 2.21. The van der Waals surface area contributed by atoms with Gasteiger partial charge in [-0.1, -0.05) is 0 Å². The maximum absolute atomic E-state index is 4.32. The van der Waals surface area contributed by atoms with Crippen molar-refractivity contribution in [3.63, 3.8) is 0 Å². The summed E-state index contributed by atoms with van der Waals surface area (Å²) in [6.07, 6.45) is 3.75. The molecule has 0 aromatic carbocycles. The van der Waals surface area contributed by atoms with Crippen LogP contribution in [0.1, 0.15) is 5.56 Å². The van der Waals surface area contributed by atoms with E-state index in [4.69, 9.17) is 0 Å². The van der Waals surface area contributed by atoms with E-state index in [1.165, 1.54) is 0 Å². The van der Waals surface area contributed by atoms with Crippen LogP contribution in [0.15, 0.2) is 12.4 Å². The van der Waals surface area contributed by atoms with Gasteiger partial charge in [0.25, 0.3) is 0 Å². The van der Waals surface area contributed by atoms with Crippen LogP contribution in [0, 0.1) is 6.92 Å². The highest BCUT2D eigenvalue weighted by Gasteiger charge is 2.15. The van der Waals surface area contributed by atoms with E-state index in [0.29, 0.717) is 0 Å². The van der Waals surface area contributed by atoms with E-state index in [9.17, 15) is 0 Å². The van der Waals surface area contributed by atoms with Crippen molar-refractivity contribution in [3.8, 4) is 0 Å². The molecule has 76 valence electrons. The molecule has 0 radical (unpaired) electrons. The third kappa shape index (κ3) is 2.01. The topological polar surface area (TPSA) is 32.3 Å². The molecule has 1 fully saturated rings. The predicted molar refractivity (Wildman–Crippen MR) is 56.5 cm³/mol. The van der Waals surface area contributed by atoms with Gasteiger partial charge >= 0.3 is 0 Å². The van der Waals surface area contributed by atoms with Crippen LogP contribution in [0.2, 0.25) is 0 Å². The first-order chi connectivity index (χ1) is 6.75. The molecule has 0 N–H and O–H groups in total. The second-order valence-corrected chi connectivity index (χ2v) is 3.85. The van der Waals surface area contributed by atoms with Crippen LogP contribution < -0.4 is 4.90 Å². The molecule has 1 saturated heterocycles. The Balaban J connectivity index is 2.05. The number of anilines is 1.